The van der Waals surface area contributed by atoms with Gasteiger partial charge in [0.25, 0.3) is 5.91 Å². The molecule has 1 N–H and O–H groups in total. The molecule has 0 spiro atoms. The number of nitrogens with one attached hydrogen (secondary N) is 1. The van der Waals surface area contributed by atoms with Crippen LogP contribution in [-0.2, 0) is 6.54 Å². The lowest BCUT2D eigenvalue weighted by molar-refractivity contribution is 0.0822. The molecule has 1 aliphatic rings. The zero-order valence-electron chi connectivity index (χ0n) is 7.78. The third-order valence-electron chi connectivity index (χ3n) is 2.28. The van der Waals surface area contributed by atoms with Crippen molar-refractivity contribution in [3.63, 3.8) is 0 Å². The van der Waals surface area contributed by atoms with E-state index in [1.54, 1.807) is 12.1 Å². The lowest BCUT2D eigenvalue weighted by Crippen LogP contribution is -2.38. The van der Waals surface area contributed by atoms with Crippen LogP contribution >= 0.6 is 0 Å². The number of imide groups is 1. The fourth-order valence-corrected chi connectivity index (χ4v) is 1.55. The highest BCUT2D eigenvalue weighted by Crippen LogP contribution is 2.21. The summed E-state index contributed by atoms with van der Waals surface area (Å²) in [7, 11) is 1.51. The van der Waals surface area contributed by atoms with Gasteiger partial charge in [-0.15, -0.1) is 0 Å². The third-order valence-corrected chi connectivity index (χ3v) is 2.28. The predicted molar refractivity (Wildman–Crippen MR) is 50.8 cm³/mol. The Kier molecular flexibility index (Phi) is 1.96. The maximum Gasteiger partial charge on any atom is 0.324 e. The maximum atomic E-state index is 11.7. The molecule has 4 nitrogen and oxygen atoms in total. The molecule has 72 valence electrons. The molecule has 2 rings (SSSR count). The highest BCUT2D eigenvalue weighted by molar-refractivity contribution is 6.07. The van der Waals surface area contributed by atoms with Crippen molar-refractivity contribution in [2.45, 2.75) is 6.54 Å². The summed E-state index contributed by atoms with van der Waals surface area (Å²) in [6.07, 6.45) is 0. The number of hydrogen-bond donors (Lipinski definition) is 1. The van der Waals surface area contributed by atoms with Gasteiger partial charge in [0.05, 0.1) is 6.54 Å². The Balaban J connectivity index is 2.35. The molecule has 0 atom stereocenters. The van der Waals surface area contributed by atoms with E-state index >= 15 is 0 Å². The first-order valence-corrected chi connectivity index (χ1v) is 4.35. The summed E-state index contributed by atoms with van der Waals surface area (Å²) in [4.78, 5) is 24.1. The number of carbonyl (C=O) groups excluding carboxylic acids is 2. The lowest BCUT2D eigenvalue weighted by atomic mass is 10.1. The van der Waals surface area contributed by atoms with Gasteiger partial charge in [-0.05, 0) is 11.6 Å². The van der Waals surface area contributed by atoms with E-state index in [0.717, 1.165) is 5.56 Å². The van der Waals surface area contributed by atoms with Crippen LogP contribution < -0.4 is 5.32 Å². The van der Waals surface area contributed by atoms with Crippen molar-refractivity contribution in [3.05, 3.63) is 35.4 Å². The summed E-state index contributed by atoms with van der Waals surface area (Å²) in [5, 5.41) is 2.44. The molecule has 4 heteroatoms. The fraction of sp³-hybridized carbons (Fsp3) is 0.200. The minimum absolute atomic E-state index is 0.222. The highest BCUT2D eigenvalue weighted by Gasteiger charge is 2.30. The van der Waals surface area contributed by atoms with E-state index in [-0.39, 0.29) is 11.9 Å². The topological polar surface area (TPSA) is 49.4 Å². The number of fused-ring (bicyclic) bond motifs is 1. The van der Waals surface area contributed by atoms with Crippen molar-refractivity contribution < 1.29 is 9.59 Å². The molecule has 14 heavy (non-hydrogen) atoms. The first kappa shape index (κ1) is 8.74. The molecule has 1 aromatic carbocycles. The van der Waals surface area contributed by atoms with Gasteiger partial charge in [-0.2, -0.15) is 0 Å². The predicted octanol–water partition coefficient (Wildman–Crippen LogP) is 0.982. The number of nitrogens with zero attached hydrogens (tertiary/aromatic N) is 1. The molecule has 0 unspecified atom stereocenters. The van der Waals surface area contributed by atoms with Crippen LogP contribution in [0.2, 0.25) is 0 Å². The molecule has 0 radical (unpaired) electrons. The van der Waals surface area contributed by atoms with E-state index in [9.17, 15) is 9.59 Å². The summed E-state index contributed by atoms with van der Waals surface area (Å²) in [6, 6.07) is 6.89. The molecule has 0 aliphatic carbocycles. The molecule has 0 aromatic heterocycles. The van der Waals surface area contributed by atoms with Crippen LogP contribution in [0.25, 0.3) is 0 Å². The van der Waals surface area contributed by atoms with Crippen molar-refractivity contribution in [1.82, 2.24) is 10.2 Å². The van der Waals surface area contributed by atoms with E-state index in [2.05, 4.69) is 5.32 Å². The maximum absolute atomic E-state index is 11.7. The zero-order chi connectivity index (χ0) is 10.1. The number of hydrogen-bond acceptors (Lipinski definition) is 2. The summed E-state index contributed by atoms with van der Waals surface area (Å²) < 4.78 is 0. The molecule has 1 heterocycles. The molecule has 0 saturated heterocycles. The minimum Gasteiger partial charge on any atom is -0.341 e. The second kappa shape index (κ2) is 3.14. The quantitative estimate of drug-likeness (QED) is 0.663. The first-order chi connectivity index (χ1) is 6.74. The Labute approximate surface area is 81.5 Å². The van der Waals surface area contributed by atoms with Gasteiger partial charge in [-0.1, -0.05) is 18.2 Å². The summed E-state index contributed by atoms with van der Waals surface area (Å²) in [6.45, 7) is 0.370. The average Bonchev–Trinajstić information content (AvgIpc) is 2.56. The highest BCUT2D eigenvalue weighted by atomic mass is 16.2. The lowest BCUT2D eigenvalue weighted by Gasteiger charge is -2.11. The molecular weight excluding hydrogens is 180 g/mol. The van der Waals surface area contributed by atoms with Crippen LogP contribution in [0.3, 0.4) is 0 Å². The Morgan fingerprint density at radius 3 is 2.79 bits per heavy atom. The normalized spacial score (nSPS) is 14.1. The monoisotopic (exact) mass is 190 g/mol. The number of benzene rings is 1. The molecule has 0 saturated carbocycles. The third kappa shape index (κ3) is 1.16. The van der Waals surface area contributed by atoms with Crippen LogP contribution in [0.15, 0.2) is 24.3 Å². The van der Waals surface area contributed by atoms with E-state index < -0.39 is 0 Å². The van der Waals surface area contributed by atoms with Crippen molar-refractivity contribution >= 4 is 11.9 Å². The van der Waals surface area contributed by atoms with Crippen LogP contribution in [0.5, 0.6) is 0 Å². The average molecular weight is 190 g/mol. The standard InChI is InChI=1S/C10H10N2O2/c1-11-10(14)12-6-7-4-2-3-5-8(7)9(12)13/h2-5H,6H2,1H3,(H,11,14). The Morgan fingerprint density at radius 2 is 2.14 bits per heavy atom. The van der Waals surface area contributed by atoms with Gasteiger partial charge in [-0.25, -0.2) is 4.79 Å². The molecule has 1 aromatic rings. The van der Waals surface area contributed by atoms with Crippen molar-refractivity contribution in [2.24, 2.45) is 0 Å². The van der Waals surface area contributed by atoms with Gasteiger partial charge in [0, 0.05) is 12.6 Å². The molecule has 0 bridgehead atoms. The summed E-state index contributed by atoms with van der Waals surface area (Å²) >= 11 is 0. The summed E-state index contributed by atoms with van der Waals surface area (Å²) in [5.74, 6) is -0.222. The molecule has 1 aliphatic heterocycles. The van der Waals surface area contributed by atoms with E-state index in [0.29, 0.717) is 12.1 Å². The van der Waals surface area contributed by atoms with E-state index in [1.807, 2.05) is 12.1 Å². The summed E-state index contributed by atoms with van der Waals surface area (Å²) in [5.41, 5.74) is 1.53. The van der Waals surface area contributed by atoms with E-state index in [1.165, 1.54) is 11.9 Å². The van der Waals surface area contributed by atoms with Crippen LogP contribution in [-0.4, -0.2) is 23.9 Å². The fourth-order valence-electron chi connectivity index (χ4n) is 1.55. The van der Waals surface area contributed by atoms with Gasteiger partial charge in [0.2, 0.25) is 0 Å². The first-order valence-electron chi connectivity index (χ1n) is 4.35. The van der Waals surface area contributed by atoms with Gasteiger partial charge in [0.15, 0.2) is 0 Å². The smallest absolute Gasteiger partial charge is 0.324 e. The van der Waals surface area contributed by atoms with Crippen LogP contribution in [0.1, 0.15) is 15.9 Å². The van der Waals surface area contributed by atoms with Crippen LogP contribution in [0.4, 0.5) is 4.79 Å². The van der Waals surface area contributed by atoms with Crippen LogP contribution in [0, 0.1) is 0 Å². The van der Waals surface area contributed by atoms with Gasteiger partial charge in [0.1, 0.15) is 0 Å². The van der Waals surface area contributed by atoms with Gasteiger partial charge >= 0.3 is 6.03 Å². The Bertz CT molecular complexity index is 401. The molecular formula is C10H10N2O2. The number of carbonyl (C=O) groups is 2. The second-order valence-electron chi connectivity index (χ2n) is 3.10. The molecule has 3 amide bonds. The van der Waals surface area contributed by atoms with Crippen molar-refractivity contribution in [2.75, 3.05) is 7.05 Å². The second-order valence-corrected chi connectivity index (χ2v) is 3.10. The Hall–Kier alpha value is -1.84. The minimum atomic E-state index is -0.355. The zero-order valence-corrected chi connectivity index (χ0v) is 7.78. The van der Waals surface area contributed by atoms with Gasteiger partial charge in [-0.3, -0.25) is 9.69 Å². The SMILES string of the molecule is CNC(=O)N1Cc2ccccc2C1=O. The number of rotatable bonds is 0. The molecule has 0 fully saturated rings. The number of urea groups is 1. The van der Waals surface area contributed by atoms with Gasteiger partial charge < -0.3 is 5.32 Å². The van der Waals surface area contributed by atoms with Crippen molar-refractivity contribution in [3.8, 4) is 0 Å². The van der Waals surface area contributed by atoms with Crippen molar-refractivity contribution in [1.29, 1.82) is 0 Å². The largest absolute Gasteiger partial charge is 0.341 e. The number of amides is 3. The van der Waals surface area contributed by atoms with E-state index in [4.69, 9.17) is 0 Å². The Morgan fingerprint density at radius 1 is 1.43 bits per heavy atom.